The maximum atomic E-state index is 12.4. The number of aryl methyl sites for hydroxylation is 2. The molecule has 2 heterocycles. The summed E-state index contributed by atoms with van der Waals surface area (Å²) in [5.74, 6) is -0.296. The normalized spacial score (nSPS) is 12.5. The molecule has 8 nitrogen and oxygen atoms in total. The topological polar surface area (TPSA) is 99.0 Å². The molecule has 0 spiro atoms. The van der Waals surface area contributed by atoms with Crippen LogP contribution in [0.25, 0.3) is 11.2 Å². The van der Waals surface area contributed by atoms with E-state index in [0.29, 0.717) is 35.9 Å². The zero-order chi connectivity index (χ0) is 19.3. The van der Waals surface area contributed by atoms with Crippen LogP contribution in [0.5, 0.6) is 0 Å². The molecule has 1 N–H and O–H groups in total. The highest BCUT2D eigenvalue weighted by molar-refractivity contribution is 8.00. The lowest BCUT2D eigenvalue weighted by Gasteiger charge is -2.14. The van der Waals surface area contributed by atoms with E-state index in [4.69, 9.17) is 4.74 Å². The van der Waals surface area contributed by atoms with Gasteiger partial charge in [-0.15, -0.1) is 0 Å². The molecule has 0 unspecified atom stereocenters. The number of nitrogens with zero attached hydrogens (tertiary/aromatic N) is 3. The van der Waals surface area contributed by atoms with Crippen LogP contribution in [-0.4, -0.2) is 36.9 Å². The van der Waals surface area contributed by atoms with Crippen molar-refractivity contribution in [2.45, 2.75) is 63.4 Å². The first kappa shape index (κ1) is 20.3. The molecule has 0 fully saturated rings. The third-order valence-corrected chi connectivity index (χ3v) is 5.46. The molecule has 0 aliphatic carbocycles. The van der Waals surface area contributed by atoms with E-state index in [1.54, 1.807) is 14.0 Å². The Kier molecular flexibility index (Phi) is 7.07. The number of hydrogen-bond acceptors (Lipinski definition) is 6. The first-order chi connectivity index (χ1) is 12.4. The summed E-state index contributed by atoms with van der Waals surface area (Å²) < 4.78 is 8.26. The smallest absolute Gasteiger partial charge is 0.329 e. The fraction of sp³-hybridized carbons (Fsp3) is 0.647. The van der Waals surface area contributed by atoms with Gasteiger partial charge in [-0.1, -0.05) is 38.5 Å². The lowest BCUT2D eigenvalue weighted by molar-refractivity contribution is -0.142. The molecule has 0 saturated heterocycles. The van der Waals surface area contributed by atoms with Gasteiger partial charge in [0.25, 0.3) is 5.56 Å². The zero-order valence-electron chi connectivity index (χ0n) is 15.7. The van der Waals surface area contributed by atoms with Gasteiger partial charge in [-0.2, -0.15) is 0 Å². The second-order valence-electron chi connectivity index (χ2n) is 6.01. The van der Waals surface area contributed by atoms with Gasteiger partial charge in [-0.05, 0) is 19.8 Å². The molecule has 2 aromatic heterocycles. The Morgan fingerprint density at radius 1 is 1.27 bits per heavy atom. The minimum absolute atomic E-state index is 0.296. The van der Waals surface area contributed by atoms with Gasteiger partial charge >= 0.3 is 11.7 Å². The molecular formula is C17H26N4O4S. The van der Waals surface area contributed by atoms with Gasteiger partial charge < -0.3 is 9.30 Å². The number of thioether (sulfide) groups is 1. The van der Waals surface area contributed by atoms with E-state index in [1.807, 2.05) is 11.5 Å². The van der Waals surface area contributed by atoms with Crippen molar-refractivity contribution >= 4 is 28.9 Å². The number of ether oxygens (including phenoxy) is 1. The van der Waals surface area contributed by atoms with Gasteiger partial charge in [0.2, 0.25) is 0 Å². The summed E-state index contributed by atoms with van der Waals surface area (Å²) in [6.45, 7) is 6.70. The van der Waals surface area contributed by atoms with Crippen LogP contribution in [-0.2, 0) is 23.1 Å². The number of fused-ring (bicyclic) bond motifs is 1. The minimum atomic E-state index is -0.505. The summed E-state index contributed by atoms with van der Waals surface area (Å²) in [6.07, 6.45) is 3.53. The number of unbranched alkanes of at least 4 members (excludes halogenated alkanes) is 2. The number of H-pyrrole nitrogens is 1. The van der Waals surface area contributed by atoms with Crippen LogP contribution in [0.1, 0.15) is 46.5 Å². The van der Waals surface area contributed by atoms with Crippen LogP contribution in [0.2, 0.25) is 0 Å². The van der Waals surface area contributed by atoms with E-state index in [-0.39, 0.29) is 5.97 Å². The third kappa shape index (κ3) is 4.20. The number of carbonyl (C=O) groups excluding carboxylic acids is 1. The van der Waals surface area contributed by atoms with Gasteiger partial charge in [0.05, 0.1) is 6.61 Å². The Morgan fingerprint density at radius 3 is 2.62 bits per heavy atom. The van der Waals surface area contributed by atoms with E-state index < -0.39 is 16.5 Å². The standard InChI is InChI=1S/C17H26N4O4S/c1-5-8-9-10-21-12-13(20(4)16(24)19-14(12)22)18-17(21)26-11(6-2)15(23)25-7-3/h11H,5-10H2,1-4H3,(H,19,22,24)/t11-/m1/s1. The molecule has 0 aliphatic rings. The van der Waals surface area contributed by atoms with Gasteiger partial charge in [0.1, 0.15) is 5.25 Å². The summed E-state index contributed by atoms with van der Waals surface area (Å²) >= 11 is 1.28. The molecule has 0 aromatic carbocycles. The van der Waals surface area contributed by atoms with Crippen molar-refractivity contribution in [3.05, 3.63) is 20.8 Å². The van der Waals surface area contributed by atoms with Crippen LogP contribution in [0, 0.1) is 0 Å². The van der Waals surface area contributed by atoms with Crippen molar-refractivity contribution in [2.24, 2.45) is 7.05 Å². The quantitative estimate of drug-likeness (QED) is 0.405. The van der Waals surface area contributed by atoms with Crippen LogP contribution in [0.4, 0.5) is 0 Å². The first-order valence-electron chi connectivity index (χ1n) is 8.97. The summed E-state index contributed by atoms with van der Waals surface area (Å²) in [4.78, 5) is 43.2. The molecule has 2 rings (SSSR count). The summed E-state index contributed by atoms with van der Waals surface area (Å²) in [5, 5.41) is 0.149. The van der Waals surface area contributed by atoms with Crippen LogP contribution in [0.3, 0.4) is 0 Å². The van der Waals surface area contributed by atoms with E-state index in [1.165, 1.54) is 16.3 Å². The summed E-state index contributed by atoms with van der Waals surface area (Å²) in [7, 11) is 1.57. The number of rotatable bonds is 9. The highest BCUT2D eigenvalue weighted by Crippen LogP contribution is 2.28. The second kappa shape index (κ2) is 9.07. The van der Waals surface area contributed by atoms with Gasteiger partial charge in [0.15, 0.2) is 16.3 Å². The Morgan fingerprint density at radius 2 is 2.00 bits per heavy atom. The molecule has 9 heteroatoms. The van der Waals surface area contributed by atoms with Crippen molar-refractivity contribution < 1.29 is 9.53 Å². The van der Waals surface area contributed by atoms with Gasteiger partial charge in [-0.3, -0.25) is 19.1 Å². The lowest BCUT2D eigenvalue weighted by atomic mass is 10.2. The Hall–Kier alpha value is -2.03. The number of aromatic amines is 1. The highest BCUT2D eigenvalue weighted by atomic mass is 32.2. The van der Waals surface area contributed by atoms with E-state index >= 15 is 0 Å². The number of hydrogen-bond donors (Lipinski definition) is 1. The van der Waals surface area contributed by atoms with Crippen molar-refractivity contribution in [2.75, 3.05) is 6.61 Å². The van der Waals surface area contributed by atoms with E-state index in [2.05, 4.69) is 16.9 Å². The maximum Gasteiger partial charge on any atom is 0.329 e. The maximum absolute atomic E-state index is 12.4. The molecule has 26 heavy (non-hydrogen) atoms. The largest absolute Gasteiger partial charge is 0.465 e. The first-order valence-corrected chi connectivity index (χ1v) is 9.85. The fourth-order valence-corrected chi connectivity index (χ4v) is 3.73. The molecule has 1 atom stereocenters. The lowest BCUT2D eigenvalue weighted by Crippen LogP contribution is -2.29. The predicted octanol–water partition coefficient (Wildman–Crippen LogP) is 2.05. The van der Waals surface area contributed by atoms with Gasteiger partial charge in [-0.25, -0.2) is 9.78 Å². The number of imidazole rings is 1. The molecule has 0 saturated carbocycles. The van der Waals surface area contributed by atoms with E-state index in [0.717, 1.165) is 19.3 Å². The average molecular weight is 382 g/mol. The van der Waals surface area contributed by atoms with Gasteiger partial charge in [0, 0.05) is 13.6 Å². The van der Waals surface area contributed by atoms with Crippen molar-refractivity contribution in [3.8, 4) is 0 Å². The monoisotopic (exact) mass is 382 g/mol. The fourth-order valence-electron chi connectivity index (χ4n) is 2.69. The van der Waals surface area contributed by atoms with Crippen LogP contribution >= 0.6 is 11.8 Å². The minimum Gasteiger partial charge on any atom is -0.465 e. The summed E-state index contributed by atoms with van der Waals surface area (Å²) in [6, 6.07) is 0. The Balaban J connectivity index is 2.52. The highest BCUT2D eigenvalue weighted by Gasteiger charge is 2.24. The predicted molar refractivity (Wildman–Crippen MR) is 102 cm³/mol. The summed E-state index contributed by atoms with van der Waals surface area (Å²) in [5.41, 5.74) is -0.265. The Labute approximate surface area is 156 Å². The molecule has 0 amide bonds. The Bertz CT molecular complexity index is 883. The van der Waals surface area contributed by atoms with Crippen molar-refractivity contribution in [3.63, 3.8) is 0 Å². The number of carbonyl (C=O) groups is 1. The number of nitrogens with one attached hydrogen (secondary N) is 1. The molecule has 144 valence electrons. The zero-order valence-corrected chi connectivity index (χ0v) is 16.5. The molecule has 0 bridgehead atoms. The van der Waals surface area contributed by atoms with Crippen molar-refractivity contribution in [1.29, 1.82) is 0 Å². The number of esters is 1. The average Bonchev–Trinajstić information content (AvgIpc) is 2.97. The second-order valence-corrected chi connectivity index (χ2v) is 7.18. The molecular weight excluding hydrogens is 356 g/mol. The molecule has 0 radical (unpaired) electrons. The van der Waals surface area contributed by atoms with Crippen LogP contribution < -0.4 is 11.2 Å². The van der Waals surface area contributed by atoms with Crippen LogP contribution in [0.15, 0.2) is 14.7 Å². The van der Waals surface area contributed by atoms with Crippen molar-refractivity contribution in [1.82, 2.24) is 19.1 Å². The molecule has 2 aromatic rings. The molecule has 0 aliphatic heterocycles. The number of aromatic nitrogens is 4. The van der Waals surface area contributed by atoms with E-state index in [9.17, 15) is 14.4 Å². The third-order valence-electron chi connectivity index (χ3n) is 4.13. The SMILES string of the molecule is CCCCCn1c(S[C@H](CC)C(=O)OCC)nc2c1c(=O)[nH]c(=O)n2C.